The number of aliphatic hydroxyl groups is 1. The summed E-state index contributed by atoms with van der Waals surface area (Å²) >= 11 is 0. The number of fused-ring (bicyclic) bond motifs is 5. The minimum atomic E-state index is -0.315. The molecule has 1 aliphatic rings. The lowest BCUT2D eigenvalue weighted by Gasteiger charge is -2.15. The molecule has 1 amide bonds. The number of hydrogen-bond acceptors (Lipinski definition) is 7. The van der Waals surface area contributed by atoms with Crippen molar-refractivity contribution in [1.29, 1.82) is 0 Å². The van der Waals surface area contributed by atoms with Crippen LogP contribution in [0.3, 0.4) is 0 Å². The van der Waals surface area contributed by atoms with E-state index in [0.717, 1.165) is 36.2 Å². The van der Waals surface area contributed by atoms with Gasteiger partial charge >= 0.3 is 0 Å². The number of ether oxygens (including phenoxy) is 1. The number of aliphatic hydroxyl groups excluding tert-OH is 1. The number of amides is 1. The Balaban J connectivity index is 1.49. The van der Waals surface area contributed by atoms with Crippen LogP contribution in [0.15, 0.2) is 61.1 Å². The number of pyridine rings is 2. The maximum absolute atomic E-state index is 13.3. The van der Waals surface area contributed by atoms with Gasteiger partial charge in [-0.25, -0.2) is 4.98 Å². The van der Waals surface area contributed by atoms with Crippen LogP contribution in [0.5, 0.6) is 5.75 Å². The minimum absolute atomic E-state index is 0.0519. The van der Waals surface area contributed by atoms with Gasteiger partial charge in [0, 0.05) is 37.0 Å². The van der Waals surface area contributed by atoms with Gasteiger partial charge in [-0.15, -0.1) is 10.2 Å². The molecule has 34 heavy (non-hydrogen) atoms. The van der Waals surface area contributed by atoms with Crippen LogP contribution in [0.2, 0.25) is 0 Å². The molecule has 9 nitrogen and oxygen atoms in total. The molecule has 0 unspecified atom stereocenters. The molecule has 0 spiro atoms. The molecular formula is C25H24N6O3. The number of hydrogen-bond donors (Lipinski definition) is 2. The average molecular weight is 457 g/mol. The van der Waals surface area contributed by atoms with Crippen molar-refractivity contribution in [2.75, 3.05) is 18.5 Å². The van der Waals surface area contributed by atoms with Gasteiger partial charge in [-0.05, 0) is 48.7 Å². The van der Waals surface area contributed by atoms with Crippen molar-refractivity contribution in [3.63, 3.8) is 0 Å². The van der Waals surface area contributed by atoms with E-state index in [1.54, 1.807) is 24.7 Å². The zero-order valence-corrected chi connectivity index (χ0v) is 18.5. The largest absolute Gasteiger partial charge is 0.493 e. The van der Waals surface area contributed by atoms with Crippen LogP contribution in [0.1, 0.15) is 28.9 Å². The molecule has 0 saturated carbocycles. The van der Waals surface area contributed by atoms with Gasteiger partial charge in [-0.3, -0.25) is 9.78 Å². The number of carbonyl (C=O) groups excluding carboxylic acids is 1. The topological polar surface area (TPSA) is 115 Å². The van der Waals surface area contributed by atoms with E-state index in [9.17, 15) is 4.79 Å². The number of aromatic nitrogens is 5. The molecule has 3 aromatic heterocycles. The van der Waals surface area contributed by atoms with Crippen molar-refractivity contribution in [2.24, 2.45) is 0 Å². The van der Waals surface area contributed by atoms with E-state index in [1.807, 2.05) is 41.0 Å². The second-order valence-corrected chi connectivity index (χ2v) is 7.99. The lowest BCUT2D eigenvalue weighted by atomic mass is 10.0. The predicted octanol–water partition coefficient (Wildman–Crippen LogP) is 3.36. The standard InChI is InChI=1S/C25H24N6O3/c32-12-10-19-8-6-18(15-26-19)17-7-9-22-20(14-17)25(33)29-23-5-3-4-21(28-23)24-30-27-16-31(24)11-1-2-13-34-22/h3-9,14-16,32H,1-2,10-13H2,(H,28,29,33). The molecule has 1 aromatic carbocycles. The number of nitrogens with zero attached hydrogens (tertiary/aromatic N) is 5. The van der Waals surface area contributed by atoms with Crippen LogP contribution >= 0.6 is 0 Å². The Bertz CT molecular complexity index is 1300. The molecule has 2 N–H and O–H groups in total. The molecule has 4 aromatic rings. The number of aryl methyl sites for hydroxylation is 1. The van der Waals surface area contributed by atoms with E-state index in [2.05, 4.69) is 25.5 Å². The average Bonchev–Trinajstić information content (AvgIpc) is 3.33. The van der Waals surface area contributed by atoms with Crippen LogP contribution in [0.4, 0.5) is 5.82 Å². The Hall–Kier alpha value is -4.11. The van der Waals surface area contributed by atoms with Gasteiger partial charge in [0.2, 0.25) is 0 Å². The van der Waals surface area contributed by atoms with E-state index >= 15 is 0 Å². The third kappa shape index (κ3) is 4.65. The summed E-state index contributed by atoms with van der Waals surface area (Å²) in [5.74, 6) is 1.28. The van der Waals surface area contributed by atoms with Gasteiger partial charge in [-0.1, -0.05) is 18.2 Å². The Kier molecular flexibility index (Phi) is 6.26. The van der Waals surface area contributed by atoms with Crippen molar-refractivity contribution in [1.82, 2.24) is 24.7 Å². The fourth-order valence-electron chi connectivity index (χ4n) is 3.87. The van der Waals surface area contributed by atoms with Crippen LogP contribution in [0, 0.1) is 0 Å². The van der Waals surface area contributed by atoms with Gasteiger partial charge in [0.25, 0.3) is 5.91 Å². The third-order valence-electron chi connectivity index (χ3n) is 5.64. The van der Waals surface area contributed by atoms with Crippen LogP contribution < -0.4 is 10.1 Å². The van der Waals surface area contributed by atoms with Gasteiger partial charge in [0.15, 0.2) is 5.82 Å². The molecule has 172 valence electrons. The summed E-state index contributed by atoms with van der Waals surface area (Å²) in [6.07, 6.45) is 5.62. The predicted molar refractivity (Wildman–Crippen MR) is 126 cm³/mol. The zero-order chi connectivity index (χ0) is 23.3. The van der Waals surface area contributed by atoms with Crippen molar-refractivity contribution in [2.45, 2.75) is 25.8 Å². The molecule has 0 radical (unpaired) electrons. The van der Waals surface area contributed by atoms with Crippen molar-refractivity contribution < 1.29 is 14.6 Å². The third-order valence-corrected chi connectivity index (χ3v) is 5.64. The van der Waals surface area contributed by atoms with Crippen molar-refractivity contribution >= 4 is 11.7 Å². The van der Waals surface area contributed by atoms with Gasteiger partial charge in [0.05, 0.1) is 12.2 Å². The summed E-state index contributed by atoms with van der Waals surface area (Å²) in [4.78, 5) is 22.3. The van der Waals surface area contributed by atoms with Crippen LogP contribution in [-0.2, 0) is 13.0 Å². The Morgan fingerprint density at radius 1 is 1.09 bits per heavy atom. The van der Waals surface area contributed by atoms with Gasteiger partial charge < -0.3 is 19.7 Å². The van der Waals surface area contributed by atoms with Crippen molar-refractivity contribution in [3.05, 3.63) is 72.3 Å². The molecule has 1 aliphatic heterocycles. The first-order valence-corrected chi connectivity index (χ1v) is 11.2. The Morgan fingerprint density at radius 3 is 2.85 bits per heavy atom. The minimum Gasteiger partial charge on any atom is -0.493 e. The molecule has 9 heteroatoms. The lowest BCUT2D eigenvalue weighted by molar-refractivity contribution is 0.102. The fourth-order valence-corrected chi connectivity index (χ4v) is 3.87. The fraction of sp³-hybridized carbons (Fsp3) is 0.240. The van der Waals surface area contributed by atoms with Gasteiger partial charge in [0.1, 0.15) is 23.6 Å². The molecule has 0 atom stereocenters. The van der Waals surface area contributed by atoms with Crippen LogP contribution in [0.25, 0.3) is 22.6 Å². The first kappa shape index (κ1) is 21.7. The summed E-state index contributed by atoms with van der Waals surface area (Å²) in [7, 11) is 0. The maximum atomic E-state index is 13.3. The number of rotatable bonds is 3. The molecule has 0 aliphatic carbocycles. The second-order valence-electron chi connectivity index (χ2n) is 7.99. The molecule has 0 saturated heterocycles. The van der Waals surface area contributed by atoms with E-state index < -0.39 is 0 Å². The number of benzene rings is 1. The smallest absolute Gasteiger partial charge is 0.260 e. The quantitative estimate of drug-likeness (QED) is 0.486. The molecule has 4 heterocycles. The maximum Gasteiger partial charge on any atom is 0.260 e. The van der Waals surface area contributed by atoms with E-state index in [-0.39, 0.29) is 12.5 Å². The highest BCUT2D eigenvalue weighted by atomic mass is 16.5. The highest BCUT2D eigenvalue weighted by molar-refractivity contribution is 6.06. The molecule has 2 bridgehead atoms. The monoisotopic (exact) mass is 456 g/mol. The van der Waals surface area contributed by atoms with Gasteiger partial charge in [-0.2, -0.15) is 0 Å². The van der Waals surface area contributed by atoms with Crippen LogP contribution in [-0.4, -0.2) is 49.0 Å². The van der Waals surface area contributed by atoms with E-state index in [0.29, 0.717) is 41.7 Å². The first-order valence-electron chi connectivity index (χ1n) is 11.2. The highest BCUT2D eigenvalue weighted by Gasteiger charge is 2.17. The summed E-state index contributed by atoms with van der Waals surface area (Å²) in [6, 6.07) is 14.8. The molecule has 5 rings (SSSR count). The highest BCUT2D eigenvalue weighted by Crippen LogP contribution is 2.28. The number of nitrogens with one attached hydrogen (secondary N) is 1. The number of carbonyl (C=O) groups is 1. The van der Waals surface area contributed by atoms with Crippen molar-refractivity contribution in [3.8, 4) is 28.4 Å². The summed E-state index contributed by atoms with van der Waals surface area (Å²) in [5.41, 5.74) is 3.59. The normalized spacial score (nSPS) is 13.7. The first-order chi connectivity index (χ1) is 16.7. The Morgan fingerprint density at radius 2 is 2.00 bits per heavy atom. The van der Waals surface area contributed by atoms with E-state index in [4.69, 9.17) is 9.84 Å². The zero-order valence-electron chi connectivity index (χ0n) is 18.5. The Labute approximate surface area is 196 Å². The lowest BCUT2D eigenvalue weighted by Crippen LogP contribution is -2.16. The summed E-state index contributed by atoms with van der Waals surface area (Å²) in [5, 5.41) is 20.2. The summed E-state index contributed by atoms with van der Waals surface area (Å²) < 4.78 is 7.96. The molecule has 0 fully saturated rings. The molecular weight excluding hydrogens is 432 g/mol. The second kappa shape index (κ2) is 9.80. The number of anilines is 1. The van der Waals surface area contributed by atoms with E-state index in [1.165, 1.54) is 0 Å². The SMILES string of the molecule is O=C1Nc2cccc(n2)-c2nncn2CCCCOc2ccc(-c3ccc(CCO)nc3)cc21. The summed E-state index contributed by atoms with van der Waals surface area (Å²) in [6.45, 7) is 1.28.